The molecule has 1 aliphatic rings. The third kappa shape index (κ3) is 5.34. The highest BCUT2D eigenvalue weighted by molar-refractivity contribution is 5.85. The number of rotatable bonds is 4. The molecule has 0 unspecified atom stereocenters. The molecule has 7 heteroatoms. The van der Waals surface area contributed by atoms with Crippen LogP contribution in [0.1, 0.15) is 11.1 Å². The number of pyridine rings is 1. The zero-order valence-electron chi connectivity index (χ0n) is 12.0. The summed E-state index contributed by atoms with van der Waals surface area (Å²) in [6.07, 6.45) is 4.22. The Morgan fingerprint density at radius 2 is 2.10 bits per heavy atom. The molecule has 1 aliphatic heterocycles. The van der Waals surface area contributed by atoms with Crippen LogP contribution in [0.2, 0.25) is 0 Å². The maximum atomic E-state index is 10.5. The summed E-state index contributed by atoms with van der Waals surface area (Å²) in [5.41, 5.74) is 7.60. The van der Waals surface area contributed by atoms with Crippen molar-refractivity contribution in [3.63, 3.8) is 0 Å². The molecule has 1 aromatic heterocycles. The molecule has 0 amide bonds. The van der Waals surface area contributed by atoms with E-state index in [2.05, 4.69) is 21.8 Å². The van der Waals surface area contributed by atoms with Crippen LogP contribution in [0.15, 0.2) is 18.3 Å². The van der Waals surface area contributed by atoms with Crippen molar-refractivity contribution < 1.29 is 9.90 Å². The lowest BCUT2D eigenvalue weighted by molar-refractivity contribution is -0.131. The maximum absolute atomic E-state index is 10.5. The molecule has 2 heterocycles. The Morgan fingerprint density at radius 3 is 2.71 bits per heavy atom. The number of nitrogen functional groups attached to an aromatic ring is 1. The highest BCUT2D eigenvalue weighted by atomic mass is 35.5. The van der Waals surface area contributed by atoms with E-state index in [0.29, 0.717) is 5.82 Å². The predicted molar refractivity (Wildman–Crippen MR) is 85.3 cm³/mol. The molecular formula is C14H21ClN4O2. The molecule has 0 aliphatic carbocycles. The van der Waals surface area contributed by atoms with E-state index in [9.17, 15) is 4.79 Å². The number of carboxylic acid groups (broad SMARTS) is 1. The average molecular weight is 313 g/mol. The van der Waals surface area contributed by atoms with Gasteiger partial charge in [0.1, 0.15) is 5.82 Å². The Labute approximate surface area is 130 Å². The summed E-state index contributed by atoms with van der Waals surface area (Å²) in [4.78, 5) is 19.3. The van der Waals surface area contributed by atoms with E-state index in [1.165, 1.54) is 6.08 Å². The molecule has 1 saturated heterocycles. The van der Waals surface area contributed by atoms with Crippen LogP contribution in [0, 0.1) is 0 Å². The minimum atomic E-state index is -0.970. The summed E-state index contributed by atoms with van der Waals surface area (Å²) in [6.45, 7) is 4.86. The van der Waals surface area contributed by atoms with E-state index in [-0.39, 0.29) is 12.4 Å². The van der Waals surface area contributed by atoms with Crippen LogP contribution in [0.3, 0.4) is 0 Å². The van der Waals surface area contributed by atoms with Crippen LogP contribution in [0.4, 0.5) is 5.82 Å². The van der Waals surface area contributed by atoms with Gasteiger partial charge in [0.25, 0.3) is 0 Å². The van der Waals surface area contributed by atoms with E-state index < -0.39 is 5.97 Å². The molecule has 0 aromatic carbocycles. The number of aromatic nitrogens is 1. The number of aliphatic carboxylic acids is 1. The second-order valence-corrected chi connectivity index (χ2v) is 5.06. The van der Waals surface area contributed by atoms with Gasteiger partial charge in [-0.2, -0.15) is 0 Å². The summed E-state index contributed by atoms with van der Waals surface area (Å²) in [5, 5.41) is 8.64. The Morgan fingerprint density at radius 1 is 1.43 bits per heavy atom. The fraction of sp³-hybridized carbons (Fsp3) is 0.429. The zero-order chi connectivity index (χ0) is 14.5. The summed E-state index contributed by atoms with van der Waals surface area (Å²) >= 11 is 0. The van der Waals surface area contributed by atoms with Gasteiger partial charge in [0.05, 0.1) is 0 Å². The van der Waals surface area contributed by atoms with E-state index >= 15 is 0 Å². The lowest BCUT2D eigenvalue weighted by Gasteiger charge is -2.32. The minimum Gasteiger partial charge on any atom is -0.478 e. The Balaban J connectivity index is 0.00000220. The van der Waals surface area contributed by atoms with Crippen LogP contribution in [-0.4, -0.2) is 59.1 Å². The van der Waals surface area contributed by atoms with Gasteiger partial charge in [-0.1, -0.05) is 0 Å². The average Bonchev–Trinajstić information content (AvgIpc) is 2.42. The molecule has 0 radical (unpaired) electrons. The minimum absolute atomic E-state index is 0. The first-order valence-electron chi connectivity index (χ1n) is 6.61. The van der Waals surface area contributed by atoms with Crippen LogP contribution in [0.25, 0.3) is 6.08 Å². The summed E-state index contributed by atoms with van der Waals surface area (Å²) in [6, 6.07) is 1.90. The summed E-state index contributed by atoms with van der Waals surface area (Å²) < 4.78 is 0. The number of hydrogen-bond acceptors (Lipinski definition) is 5. The quantitative estimate of drug-likeness (QED) is 0.805. The Hall–Kier alpha value is -1.63. The fourth-order valence-corrected chi connectivity index (χ4v) is 2.17. The Bertz CT molecular complexity index is 514. The van der Waals surface area contributed by atoms with Crippen molar-refractivity contribution in [2.45, 2.75) is 6.54 Å². The van der Waals surface area contributed by atoms with Gasteiger partial charge in [0.15, 0.2) is 0 Å². The third-order valence-corrected chi connectivity index (χ3v) is 3.43. The third-order valence-electron chi connectivity index (χ3n) is 3.43. The van der Waals surface area contributed by atoms with Crippen molar-refractivity contribution in [1.82, 2.24) is 14.8 Å². The van der Waals surface area contributed by atoms with Gasteiger partial charge in [-0.25, -0.2) is 9.78 Å². The normalized spacial score (nSPS) is 16.8. The summed E-state index contributed by atoms with van der Waals surface area (Å²) in [5.74, 6) is -0.459. The fourth-order valence-electron chi connectivity index (χ4n) is 2.17. The molecule has 1 fully saturated rings. The van der Waals surface area contributed by atoms with Crippen LogP contribution >= 0.6 is 12.4 Å². The zero-order valence-corrected chi connectivity index (χ0v) is 12.8. The molecule has 0 spiro atoms. The van der Waals surface area contributed by atoms with E-state index in [1.54, 1.807) is 6.20 Å². The number of hydrogen-bond donors (Lipinski definition) is 2. The number of carbonyl (C=O) groups is 1. The number of halogens is 1. The van der Waals surface area contributed by atoms with Gasteiger partial charge in [-0.3, -0.25) is 4.90 Å². The second-order valence-electron chi connectivity index (χ2n) is 5.06. The van der Waals surface area contributed by atoms with Crippen LogP contribution in [-0.2, 0) is 11.3 Å². The SMILES string of the molecule is CN1CCN(Cc2cc(/C=C/C(=O)O)cnc2N)CC1.Cl. The largest absolute Gasteiger partial charge is 0.478 e. The number of piperazine rings is 1. The van der Waals surface area contributed by atoms with Gasteiger partial charge < -0.3 is 15.7 Å². The maximum Gasteiger partial charge on any atom is 0.328 e. The first-order chi connectivity index (χ1) is 9.54. The van der Waals surface area contributed by atoms with Gasteiger partial charge in [-0.05, 0) is 24.8 Å². The van der Waals surface area contributed by atoms with Crippen LogP contribution < -0.4 is 5.73 Å². The molecule has 6 nitrogen and oxygen atoms in total. The number of nitrogens with zero attached hydrogens (tertiary/aromatic N) is 3. The van der Waals surface area contributed by atoms with Crippen molar-refractivity contribution in [1.29, 1.82) is 0 Å². The molecular weight excluding hydrogens is 292 g/mol. The smallest absolute Gasteiger partial charge is 0.328 e. The number of likely N-dealkylation sites (N-methyl/N-ethyl adjacent to an activating group) is 1. The number of anilines is 1. The molecule has 0 bridgehead atoms. The lowest BCUT2D eigenvalue weighted by Crippen LogP contribution is -2.44. The van der Waals surface area contributed by atoms with Crippen molar-refractivity contribution in [2.24, 2.45) is 0 Å². The lowest BCUT2D eigenvalue weighted by atomic mass is 10.1. The van der Waals surface area contributed by atoms with Gasteiger partial charge in [0.2, 0.25) is 0 Å². The highest BCUT2D eigenvalue weighted by Crippen LogP contribution is 2.15. The molecule has 21 heavy (non-hydrogen) atoms. The number of carboxylic acids is 1. The van der Waals surface area contributed by atoms with E-state index in [0.717, 1.165) is 49.9 Å². The van der Waals surface area contributed by atoms with Crippen molar-refractivity contribution in [3.8, 4) is 0 Å². The number of nitrogens with two attached hydrogens (primary N) is 1. The van der Waals surface area contributed by atoms with Crippen molar-refractivity contribution in [2.75, 3.05) is 39.0 Å². The molecule has 2 rings (SSSR count). The predicted octanol–water partition coefficient (Wildman–Crippen LogP) is 0.931. The topological polar surface area (TPSA) is 82.7 Å². The molecule has 3 N–H and O–H groups in total. The monoisotopic (exact) mass is 312 g/mol. The Kier molecular flexibility index (Phi) is 6.61. The van der Waals surface area contributed by atoms with E-state index in [4.69, 9.17) is 10.8 Å². The molecule has 116 valence electrons. The molecule has 0 saturated carbocycles. The first-order valence-corrected chi connectivity index (χ1v) is 6.61. The van der Waals surface area contributed by atoms with Crippen LogP contribution in [0.5, 0.6) is 0 Å². The molecule has 1 aromatic rings. The standard InChI is InChI=1S/C14H20N4O2.ClH/c1-17-4-6-18(7-5-17)10-12-8-11(2-3-13(19)20)9-16-14(12)15;/h2-3,8-9H,4-7,10H2,1H3,(H2,15,16)(H,19,20);1H/b3-2+;. The van der Waals surface area contributed by atoms with Gasteiger partial charge in [0, 0.05) is 50.6 Å². The summed E-state index contributed by atoms with van der Waals surface area (Å²) in [7, 11) is 2.12. The van der Waals surface area contributed by atoms with E-state index in [1.807, 2.05) is 6.07 Å². The van der Waals surface area contributed by atoms with Crippen molar-refractivity contribution >= 4 is 30.3 Å². The van der Waals surface area contributed by atoms with Crippen molar-refractivity contribution in [3.05, 3.63) is 29.5 Å². The first kappa shape index (κ1) is 17.4. The second kappa shape index (κ2) is 7.97. The molecule has 0 atom stereocenters. The van der Waals surface area contributed by atoms with Gasteiger partial charge in [-0.15, -0.1) is 12.4 Å². The highest BCUT2D eigenvalue weighted by Gasteiger charge is 2.15. The van der Waals surface area contributed by atoms with Gasteiger partial charge >= 0.3 is 5.97 Å².